The molecule has 5 nitrogen and oxygen atoms in total. The van der Waals surface area contributed by atoms with E-state index in [1.54, 1.807) is 12.1 Å². The van der Waals surface area contributed by atoms with Gasteiger partial charge in [0.1, 0.15) is 5.82 Å². The number of rotatable bonds is 4. The lowest BCUT2D eigenvalue weighted by atomic mass is 9.80. The number of aliphatic hydroxyl groups excluding tert-OH is 1. The summed E-state index contributed by atoms with van der Waals surface area (Å²) in [5.41, 5.74) is 0.0561. The summed E-state index contributed by atoms with van der Waals surface area (Å²) in [7, 11) is 0. The number of halogens is 1. The molecule has 1 fully saturated rings. The van der Waals surface area contributed by atoms with Crippen LogP contribution in [0.5, 0.6) is 0 Å². The van der Waals surface area contributed by atoms with Gasteiger partial charge in [0.05, 0.1) is 6.10 Å². The molecule has 1 aliphatic heterocycles. The lowest BCUT2D eigenvalue weighted by molar-refractivity contribution is 0.143. The second kappa shape index (κ2) is 7.07. The van der Waals surface area contributed by atoms with E-state index in [-0.39, 0.29) is 35.3 Å². The van der Waals surface area contributed by atoms with Crippen LogP contribution < -0.4 is 16.0 Å². The van der Waals surface area contributed by atoms with E-state index in [0.29, 0.717) is 0 Å². The van der Waals surface area contributed by atoms with Crippen LogP contribution in [-0.4, -0.2) is 34.8 Å². The van der Waals surface area contributed by atoms with Gasteiger partial charge in [0, 0.05) is 29.2 Å². The SMILES string of the molecule is CC1(C)CC(NC(=O)NCC(O)c2ccccc2F)CC(C)(C)N1. The van der Waals surface area contributed by atoms with Crippen LogP contribution in [0.3, 0.4) is 0 Å². The molecule has 1 heterocycles. The zero-order valence-electron chi connectivity index (χ0n) is 14.8. The van der Waals surface area contributed by atoms with Crippen molar-refractivity contribution in [3.8, 4) is 0 Å². The minimum atomic E-state index is -1.07. The van der Waals surface area contributed by atoms with Crippen LogP contribution in [0, 0.1) is 5.82 Å². The fourth-order valence-corrected chi connectivity index (χ4v) is 3.71. The van der Waals surface area contributed by atoms with Gasteiger partial charge in [-0.15, -0.1) is 0 Å². The first-order valence-corrected chi connectivity index (χ1v) is 8.34. The van der Waals surface area contributed by atoms with Gasteiger partial charge < -0.3 is 21.1 Å². The molecule has 6 heteroatoms. The molecule has 0 radical (unpaired) electrons. The number of piperidine rings is 1. The van der Waals surface area contributed by atoms with Gasteiger partial charge in [-0.25, -0.2) is 9.18 Å². The van der Waals surface area contributed by atoms with Crippen molar-refractivity contribution >= 4 is 6.03 Å². The molecule has 1 saturated heterocycles. The van der Waals surface area contributed by atoms with Crippen molar-refractivity contribution in [3.05, 3.63) is 35.6 Å². The minimum Gasteiger partial charge on any atom is -0.386 e. The number of carbonyl (C=O) groups excluding carboxylic acids is 1. The Bertz CT molecular complexity index is 573. The molecule has 1 aromatic carbocycles. The normalized spacial score (nSPS) is 21.1. The fraction of sp³-hybridized carbons (Fsp3) is 0.611. The third-order valence-corrected chi connectivity index (χ3v) is 4.25. The van der Waals surface area contributed by atoms with Crippen LogP contribution in [-0.2, 0) is 0 Å². The van der Waals surface area contributed by atoms with Crippen LogP contribution in [0.15, 0.2) is 24.3 Å². The highest BCUT2D eigenvalue weighted by molar-refractivity contribution is 5.74. The summed E-state index contributed by atoms with van der Waals surface area (Å²) in [4.78, 5) is 12.1. The van der Waals surface area contributed by atoms with E-state index >= 15 is 0 Å². The van der Waals surface area contributed by atoms with E-state index in [9.17, 15) is 14.3 Å². The molecule has 2 amide bonds. The maximum absolute atomic E-state index is 13.6. The van der Waals surface area contributed by atoms with Crippen LogP contribution in [0.2, 0.25) is 0 Å². The zero-order chi connectivity index (χ0) is 18.0. The summed E-state index contributed by atoms with van der Waals surface area (Å²) >= 11 is 0. The van der Waals surface area contributed by atoms with Gasteiger partial charge in [-0.1, -0.05) is 18.2 Å². The highest BCUT2D eigenvalue weighted by Gasteiger charge is 2.38. The molecule has 1 unspecified atom stereocenters. The first-order valence-electron chi connectivity index (χ1n) is 8.34. The van der Waals surface area contributed by atoms with Crippen molar-refractivity contribution in [2.75, 3.05) is 6.54 Å². The van der Waals surface area contributed by atoms with Crippen LogP contribution >= 0.6 is 0 Å². The van der Waals surface area contributed by atoms with Crippen molar-refractivity contribution < 1.29 is 14.3 Å². The third kappa shape index (κ3) is 5.18. The molecule has 1 aliphatic rings. The van der Waals surface area contributed by atoms with Crippen molar-refractivity contribution in [3.63, 3.8) is 0 Å². The van der Waals surface area contributed by atoms with E-state index in [2.05, 4.69) is 43.6 Å². The van der Waals surface area contributed by atoms with Gasteiger partial charge in [0.25, 0.3) is 0 Å². The molecule has 0 bridgehead atoms. The van der Waals surface area contributed by atoms with Gasteiger partial charge in [-0.3, -0.25) is 0 Å². The lowest BCUT2D eigenvalue weighted by Crippen LogP contribution is -2.62. The smallest absolute Gasteiger partial charge is 0.315 e. The van der Waals surface area contributed by atoms with Crippen LogP contribution in [0.4, 0.5) is 9.18 Å². The first kappa shape index (κ1) is 18.7. The van der Waals surface area contributed by atoms with E-state index in [1.165, 1.54) is 12.1 Å². The third-order valence-electron chi connectivity index (χ3n) is 4.25. The molecular formula is C18H28FN3O2. The molecular weight excluding hydrogens is 309 g/mol. The summed E-state index contributed by atoms with van der Waals surface area (Å²) in [5.74, 6) is -0.478. The van der Waals surface area contributed by atoms with Crippen molar-refractivity contribution in [1.29, 1.82) is 0 Å². The minimum absolute atomic E-state index is 0.0372. The number of benzene rings is 1. The highest BCUT2D eigenvalue weighted by Crippen LogP contribution is 2.28. The van der Waals surface area contributed by atoms with E-state index in [1.807, 2.05) is 0 Å². The monoisotopic (exact) mass is 337 g/mol. The molecule has 1 atom stereocenters. The summed E-state index contributed by atoms with van der Waals surface area (Å²) in [6.45, 7) is 8.42. The summed E-state index contributed by atoms with van der Waals surface area (Å²) in [6, 6.07) is 5.72. The van der Waals surface area contributed by atoms with Gasteiger partial charge in [-0.2, -0.15) is 0 Å². The number of urea groups is 1. The quantitative estimate of drug-likeness (QED) is 0.682. The van der Waals surface area contributed by atoms with E-state index in [0.717, 1.165) is 12.8 Å². The summed E-state index contributed by atoms with van der Waals surface area (Å²) in [6.07, 6.45) is 0.567. The summed E-state index contributed by atoms with van der Waals surface area (Å²) in [5, 5.41) is 19.2. The molecule has 0 aliphatic carbocycles. The molecule has 134 valence electrons. The van der Waals surface area contributed by atoms with Crippen molar-refractivity contribution in [2.45, 2.75) is 63.8 Å². The van der Waals surface area contributed by atoms with Gasteiger partial charge in [0.15, 0.2) is 0 Å². The first-order chi connectivity index (χ1) is 11.1. The van der Waals surface area contributed by atoms with E-state index < -0.39 is 11.9 Å². The molecule has 2 rings (SSSR count). The molecule has 4 N–H and O–H groups in total. The molecule has 0 spiro atoms. The Morgan fingerprint density at radius 3 is 2.46 bits per heavy atom. The highest BCUT2D eigenvalue weighted by atomic mass is 19.1. The number of hydrogen-bond acceptors (Lipinski definition) is 3. The Morgan fingerprint density at radius 1 is 1.29 bits per heavy atom. The van der Waals surface area contributed by atoms with Crippen LogP contribution in [0.25, 0.3) is 0 Å². The largest absolute Gasteiger partial charge is 0.386 e. The average molecular weight is 337 g/mol. The Kier molecular flexibility index (Phi) is 5.50. The standard InChI is InChI=1S/C18H28FN3O2/c1-17(2)9-12(10-18(3,4)22-17)21-16(24)20-11-15(23)13-7-5-6-8-14(13)19/h5-8,12,15,22-23H,9-11H2,1-4H3,(H2,20,21,24). The van der Waals surface area contributed by atoms with Crippen LogP contribution in [0.1, 0.15) is 52.2 Å². The van der Waals surface area contributed by atoms with Gasteiger partial charge >= 0.3 is 6.03 Å². The second-order valence-electron chi connectivity index (χ2n) is 7.89. The van der Waals surface area contributed by atoms with Gasteiger partial charge in [0.2, 0.25) is 0 Å². The maximum Gasteiger partial charge on any atom is 0.315 e. The Balaban J connectivity index is 1.86. The van der Waals surface area contributed by atoms with Crippen molar-refractivity contribution in [2.24, 2.45) is 0 Å². The average Bonchev–Trinajstić information content (AvgIpc) is 2.41. The maximum atomic E-state index is 13.6. The second-order valence-corrected chi connectivity index (χ2v) is 7.89. The topological polar surface area (TPSA) is 73.4 Å². The zero-order valence-corrected chi connectivity index (χ0v) is 14.8. The number of carbonyl (C=O) groups is 1. The molecule has 1 aromatic rings. The Hall–Kier alpha value is -1.66. The molecule has 24 heavy (non-hydrogen) atoms. The number of amides is 2. The Labute approximate surface area is 143 Å². The van der Waals surface area contributed by atoms with E-state index in [4.69, 9.17) is 0 Å². The lowest BCUT2D eigenvalue weighted by Gasteiger charge is -2.46. The fourth-order valence-electron chi connectivity index (χ4n) is 3.71. The number of aliphatic hydroxyl groups is 1. The summed E-state index contributed by atoms with van der Waals surface area (Å²) < 4.78 is 13.6. The predicted octanol–water partition coefficient (Wildman–Crippen LogP) is 2.47. The Morgan fingerprint density at radius 2 is 1.88 bits per heavy atom. The number of hydrogen-bond donors (Lipinski definition) is 4. The predicted molar refractivity (Wildman–Crippen MR) is 92.2 cm³/mol. The molecule has 0 saturated carbocycles. The van der Waals surface area contributed by atoms with Gasteiger partial charge in [-0.05, 0) is 46.6 Å². The van der Waals surface area contributed by atoms with Crippen molar-refractivity contribution in [1.82, 2.24) is 16.0 Å². The number of nitrogens with one attached hydrogen (secondary N) is 3. The molecule has 0 aromatic heterocycles.